The van der Waals surface area contributed by atoms with E-state index in [9.17, 15) is 0 Å². The molecule has 1 aliphatic heterocycles. The summed E-state index contributed by atoms with van der Waals surface area (Å²) in [5.41, 5.74) is 13.3. The lowest BCUT2D eigenvalue weighted by Crippen LogP contribution is -2.27. The van der Waals surface area contributed by atoms with Crippen molar-refractivity contribution < 1.29 is 0 Å². The number of benzene rings is 1. The summed E-state index contributed by atoms with van der Waals surface area (Å²) in [5.74, 6) is 0.555. The highest BCUT2D eigenvalue weighted by molar-refractivity contribution is 5.98. The van der Waals surface area contributed by atoms with Crippen LogP contribution in [0.3, 0.4) is 0 Å². The molecular formula is C11H17ClN4. The molecule has 0 amide bonds. The number of amidine groups is 1. The smallest absolute Gasteiger partial charge is 0.128 e. The fraction of sp³-hybridized carbons (Fsp3) is 0.364. The Morgan fingerprint density at radius 1 is 1.12 bits per heavy atom. The van der Waals surface area contributed by atoms with Crippen LogP contribution in [0.15, 0.2) is 18.2 Å². The van der Waals surface area contributed by atoms with Gasteiger partial charge in [0, 0.05) is 18.7 Å². The first-order chi connectivity index (χ1) is 7.18. The first-order valence-electron chi connectivity index (χ1n) is 5.17. The van der Waals surface area contributed by atoms with Gasteiger partial charge in [0.1, 0.15) is 5.84 Å². The summed E-state index contributed by atoms with van der Waals surface area (Å²) >= 11 is 0. The summed E-state index contributed by atoms with van der Waals surface area (Å²) in [5, 5.41) is 8.02. The molecule has 1 fully saturated rings. The maximum absolute atomic E-state index is 8.02. The van der Waals surface area contributed by atoms with Gasteiger partial charge in [-0.15, -0.1) is 12.4 Å². The van der Waals surface area contributed by atoms with E-state index < -0.39 is 0 Å². The second kappa shape index (κ2) is 5.07. The average molecular weight is 241 g/mol. The average Bonchev–Trinajstić information content (AvgIpc) is 2.74. The van der Waals surface area contributed by atoms with Gasteiger partial charge in [0.25, 0.3) is 0 Å². The second-order valence-electron chi connectivity index (χ2n) is 3.89. The Kier molecular flexibility index (Phi) is 4.01. The van der Waals surface area contributed by atoms with E-state index in [1.807, 2.05) is 6.07 Å². The molecule has 0 spiro atoms. The van der Waals surface area contributed by atoms with Crippen molar-refractivity contribution in [2.75, 3.05) is 24.6 Å². The third kappa shape index (κ3) is 2.39. The van der Waals surface area contributed by atoms with Gasteiger partial charge in [-0.05, 0) is 31.0 Å². The molecule has 1 heterocycles. The van der Waals surface area contributed by atoms with Crippen LogP contribution in [0.25, 0.3) is 0 Å². The number of halogens is 1. The van der Waals surface area contributed by atoms with E-state index in [1.54, 1.807) is 12.1 Å². The molecule has 0 radical (unpaired) electrons. The van der Waals surface area contributed by atoms with Gasteiger partial charge in [0.15, 0.2) is 0 Å². The Bertz CT molecular complexity index is 386. The van der Waals surface area contributed by atoms with Gasteiger partial charge in [-0.2, -0.15) is 0 Å². The predicted molar refractivity (Wildman–Crippen MR) is 70.2 cm³/mol. The second-order valence-corrected chi connectivity index (χ2v) is 3.89. The Morgan fingerprint density at radius 3 is 2.31 bits per heavy atom. The summed E-state index contributed by atoms with van der Waals surface area (Å²) in [4.78, 5) is 2.07. The fourth-order valence-corrected chi connectivity index (χ4v) is 1.85. The van der Waals surface area contributed by atoms with Crippen LogP contribution < -0.4 is 11.5 Å². The van der Waals surface area contributed by atoms with Gasteiger partial charge < -0.3 is 16.4 Å². The number of likely N-dealkylation sites (tertiary alicyclic amines) is 1. The van der Waals surface area contributed by atoms with Crippen molar-refractivity contribution in [1.82, 2.24) is 4.90 Å². The first-order valence-corrected chi connectivity index (χ1v) is 5.17. The zero-order valence-corrected chi connectivity index (χ0v) is 9.89. The highest BCUT2D eigenvalue weighted by atomic mass is 35.5. The minimum atomic E-state index is 0. The standard InChI is InChI=1S/C11H16N4.ClH/c12-9-4-3-8(7-10(9)13)11(14)15-5-1-2-6-15;/h3-4,7,14H,1-2,5-6,12-13H2;1H. The van der Waals surface area contributed by atoms with Crippen LogP contribution in [-0.4, -0.2) is 23.8 Å². The minimum Gasteiger partial charge on any atom is -0.397 e. The van der Waals surface area contributed by atoms with Gasteiger partial charge >= 0.3 is 0 Å². The topological polar surface area (TPSA) is 79.1 Å². The van der Waals surface area contributed by atoms with Crippen molar-refractivity contribution in [3.8, 4) is 0 Å². The van der Waals surface area contributed by atoms with Crippen LogP contribution in [0.1, 0.15) is 18.4 Å². The van der Waals surface area contributed by atoms with Gasteiger partial charge in [-0.25, -0.2) is 0 Å². The number of hydrogen-bond acceptors (Lipinski definition) is 3. The molecule has 1 aliphatic rings. The molecule has 1 saturated heterocycles. The van der Waals surface area contributed by atoms with E-state index in [4.69, 9.17) is 16.9 Å². The molecule has 88 valence electrons. The summed E-state index contributed by atoms with van der Waals surface area (Å²) < 4.78 is 0. The molecule has 5 N–H and O–H groups in total. The summed E-state index contributed by atoms with van der Waals surface area (Å²) in [6, 6.07) is 5.39. The van der Waals surface area contributed by atoms with Gasteiger partial charge in [0.05, 0.1) is 11.4 Å². The van der Waals surface area contributed by atoms with Crippen molar-refractivity contribution in [2.45, 2.75) is 12.8 Å². The number of nitrogen functional groups attached to an aromatic ring is 2. The van der Waals surface area contributed by atoms with Crippen molar-refractivity contribution in [1.29, 1.82) is 5.41 Å². The number of hydrogen-bond donors (Lipinski definition) is 3. The maximum Gasteiger partial charge on any atom is 0.128 e. The van der Waals surface area contributed by atoms with Crippen molar-refractivity contribution in [3.63, 3.8) is 0 Å². The number of anilines is 2. The van der Waals surface area contributed by atoms with E-state index in [0.29, 0.717) is 17.2 Å². The van der Waals surface area contributed by atoms with Crippen LogP contribution in [0, 0.1) is 5.41 Å². The first kappa shape index (κ1) is 12.6. The van der Waals surface area contributed by atoms with Crippen LogP contribution >= 0.6 is 12.4 Å². The molecule has 16 heavy (non-hydrogen) atoms. The van der Waals surface area contributed by atoms with Gasteiger partial charge in [0.2, 0.25) is 0 Å². The molecular weight excluding hydrogens is 224 g/mol. The molecule has 4 nitrogen and oxygen atoms in total. The normalized spacial score (nSPS) is 14.6. The minimum absolute atomic E-state index is 0. The fourth-order valence-electron chi connectivity index (χ4n) is 1.85. The third-order valence-electron chi connectivity index (χ3n) is 2.78. The third-order valence-corrected chi connectivity index (χ3v) is 2.78. The molecule has 0 unspecified atom stereocenters. The van der Waals surface area contributed by atoms with E-state index in [2.05, 4.69) is 4.90 Å². The monoisotopic (exact) mass is 240 g/mol. The zero-order valence-electron chi connectivity index (χ0n) is 9.07. The predicted octanol–water partition coefficient (Wildman–Crippen LogP) is 1.69. The van der Waals surface area contributed by atoms with E-state index in [1.165, 1.54) is 12.8 Å². The lowest BCUT2D eigenvalue weighted by molar-refractivity contribution is 0.517. The summed E-state index contributed by atoms with van der Waals surface area (Å²) in [6.45, 7) is 1.95. The van der Waals surface area contributed by atoms with Gasteiger partial charge in [-0.3, -0.25) is 5.41 Å². The molecule has 0 aromatic heterocycles. The Balaban J connectivity index is 0.00000128. The van der Waals surface area contributed by atoms with Crippen molar-refractivity contribution in [2.24, 2.45) is 0 Å². The molecule has 0 saturated carbocycles. The van der Waals surface area contributed by atoms with Crippen LogP contribution in [0.2, 0.25) is 0 Å². The molecule has 1 aromatic carbocycles. The Hall–Kier alpha value is -1.42. The molecule has 2 rings (SSSR count). The number of nitrogens with two attached hydrogens (primary N) is 2. The summed E-state index contributed by atoms with van der Waals surface area (Å²) in [7, 11) is 0. The lowest BCUT2D eigenvalue weighted by Gasteiger charge is -2.18. The Morgan fingerprint density at radius 2 is 1.75 bits per heavy atom. The number of rotatable bonds is 1. The van der Waals surface area contributed by atoms with Gasteiger partial charge in [-0.1, -0.05) is 0 Å². The largest absolute Gasteiger partial charge is 0.397 e. The SMILES string of the molecule is Cl.N=C(c1ccc(N)c(N)c1)N1CCCC1. The van der Waals surface area contributed by atoms with E-state index in [0.717, 1.165) is 18.7 Å². The molecule has 0 bridgehead atoms. The summed E-state index contributed by atoms with van der Waals surface area (Å²) in [6.07, 6.45) is 2.35. The number of nitrogens with one attached hydrogen (secondary N) is 1. The van der Waals surface area contributed by atoms with Crippen molar-refractivity contribution in [3.05, 3.63) is 23.8 Å². The van der Waals surface area contributed by atoms with E-state index in [-0.39, 0.29) is 12.4 Å². The quantitative estimate of drug-likeness (QED) is 0.397. The highest BCUT2D eigenvalue weighted by Crippen LogP contribution is 2.19. The highest BCUT2D eigenvalue weighted by Gasteiger charge is 2.16. The van der Waals surface area contributed by atoms with Crippen molar-refractivity contribution >= 4 is 29.6 Å². The van der Waals surface area contributed by atoms with Crippen LogP contribution in [0.4, 0.5) is 11.4 Å². The zero-order chi connectivity index (χ0) is 10.8. The van der Waals surface area contributed by atoms with E-state index >= 15 is 0 Å². The molecule has 0 atom stereocenters. The van der Waals surface area contributed by atoms with Crippen LogP contribution in [0.5, 0.6) is 0 Å². The number of nitrogens with zero attached hydrogens (tertiary/aromatic N) is 1. The lowest BCUT2D eigenvalue weighted by atomic mass is 10.1. The molecule has 5 heteroatoms. The van der Waals surface area contributed by atoms with Crippen LogP contribution in [-0.2, 0) is 0 Å². The molecule has 1 aromatic rings. The molecule has 0 aliphatic carbocycles. The Labute approximate surface area is 102 Å². The maximum atomic E-state index is 8.02.